The lowest BCUT2D eigenvalue weighted by atomic mass is 10.1. The topological polar surface area (TPSA) is 155 Å². The zero-order valence-corrected chi connectivity index (χ0v) is 22.9. The van der Waals surface area contributed by atoms with Crippen molar-refractivity contribution in [1.82, 2.24) is 11.5 Å². The van der Waals surface area contributed by atoms with Gasteiger partial charge in [-0.3, -0.25) is 9.36 Å². The highest BCUT2D eigenvalue weighted by Gasteiger charge is 2.21. The van der Waals surface area contributed by atoms with E-state index in [0.717, 1.165) is 51.4 Å². The van der Waals surface area contributed by atoms with E-state index in [1.807, 2.05) is 6.08 Å². The van der Waals surface area contributed by atoms with Crippen LogP contribution >= 0.6 is 7.82 Å². The average molecular weight is 509 g/mol. The second-order valence-electron chi connectivity index (χ2n) is 8.99. The third-order valence-electron chi connectivity index (χ3n) is 5.74. The Labute approximate surface area is 208 Å². The van der Waals surface area contributed by atoms with Crippen LogP contribution in [0.4, 0.5) is 0 Å². The molecule has 0 aliphatic heterocycles. The van der Waals surface area contributed by atoms with Crippen LogP contribution in [0.2, 0.25) is 0 Å². The van der Waals surface area contributed by atoms with Crippen molar-refractivity contribution in [1.29, 1.82) is 0 Å². The van der Waals surface area contributed by atoms with E-state index in [9.17, 15) is 19.4 Å². The van der Waals surface area contributed by atoms with E-state index in [1.165, 1.54) is 51.4 Å². The first-order valence-electron chi connectivity index (χ1n) is 13.1. The summed E-state index contributed by atoms with van der Waals surface area (Å²) >= 11 is 0. The first-order valence-corrected chi connectivity index (χ1v) is 14.6. The van der Waals surface area contributed by atoms with Gasteiger partial charge in [0.05, 0.1) is 18.8 Å². The number of rotatable bonds is 23. The normalized spacial score (nSPS) is 15.0. The zero-order valence-electron chi connectivity index (χ0n) is 22.0. The highest BCUT2D eigenvalue weighted by molar-refractivity contribution is 7.44. The largest absolute Gasteiger partial charge is 0.756 e. The van der Waals surface area contributed by atoms with Crippen molar-refractivity contribution in [2.75, 3.05) is 6.61 Å². The minimum absolute atomic E-state index is 0. The maximum Gasteiger partial charge on any atom is 0.265 e. The number of hydrogen-bond acceptors (Lipinski definition) is 5. The van der Waals surface area contributed by atoms with Crippen molar-refractivity contribution in [3.8, 4) is 0 Å². The minimum Gasteiger partial charge on any atom is -0.756 e. The highest BCUT2D eigenvalue weighted by atomic mass is 31.2. The summed E-state index contributed by atoms with van der Waals surface area (Å²) in [6, 6.07) is -0.938. The molecule has 0 saturated heterocycles. The van der Waals surface area contributed by atoms with Crippen LogP contribution in [0.5, 0.6) is 0 Å². The van der Waals surface area contributed by atoms with Crippen molar-refractivity contribution in [2.45, 2.75) is 135 Å². The van der Waals surface area contributed by atoms with Crippen LogP contribution in [0.1, 0.15) is 123 Å². The van der Waals surface area contributed by atoms with Crippen molar-refractivity contribution in [3.63, 3.8) is 0 Å². The summed E-state index contributed by atoms with van der Waals surface area (Å²) in [5, 5.41) is 13.0. The first kappa shape index (κ1) is 35.4. The van der Waals surface area contributed by atoms with Gasteiger partial charge < -0.3 is 30.9 Å². The molecule has 3 atom stereocenters. The van der Waals surface area contributed by atoms with E-state index >= 15 is 0 Å². The van der Waals surface area contributed by atoms with E-state index in [4.69, 9.17) is 4.89 Å². The van der Waals surface area contributed by atoms with Crippen LogP contribution in [0.25, 0.3) is 0 Å². The Hall–Kier alpha value is -0.760. The van der Waals surface area contributed by atoms with Gasteiger partial charge in [-0.2, -0.15) is 0 Å². The van der Waals surface area contributed by atoms with Gasteiger partial charge >= 0.3 is 0 Å². The minimum atomic E-state index is -4.93. The molecule has 0 saturated carbocycles. The summed E-state index contributed by atoms with van der Waals surface area (Å²) < 4.78 is 15.4. The van der Waals surface area contributed by atoms with Crippen LogP contribution in [0.15, 0.2) is 12.2 Å². The lowest BCUT2D eigenvalue weighted by Crippen LogP contribution is -2.45. The Balaban J connectivity index is 0. The molecule has 0 heterocycles. The molecule has 0 aromatic carbocycles. The fraction of sp³-hybridized carbons (Fsp3) is 0.880. The fourth-order valence-electron chi connectivity index (χ4n) is 3.69. The number of carbonyl (C=O) groups excluding carboxylic acids is 1. The van der Waals surface area contributed by atoms with Gasteiger partial charge in [0.25, 0.3) is 7.82 Å². The zero-order chi connectivity index (χ0) is 24.8. The smallest absolute Gasteiger partial charge is 0.265 e. The fourth-order valence-corrected chi connectivity index (χ4v) is 4.04. The molecule has 204 valence electrons. The quantitative estimate of drug-likeness (QED) is 0.0763. The van der Waals surface area contributed by atoms with Crippen molar-refractivity contribution < 1.29 is 28.8 Å². The second kappa shape index (κ2) is 24.0. The summed E-state index contributed by atoms with van der Waals surface area (Å²) in [6.45, 7) is 3.84. The number of phosphoric acid groups is 1. The Bertz CT molecular complexity index is 541. The number of quaternary nitrogens is 1. The number of aliphatic hydroxyl groups is 1. The van der Waals surface area contributed by atoms with Crippen LogP contribution < -0.4 is 16.4 Å². The molecule has 0 aromatic heterocycles. The van der Waals surface area contributed by atoms with E-state index in [2.05, 4.69) is 23.7 Å². The molecule has 9 heteroatoms. The Morgan fingerprint density at radius 3 is 1.88 bits per heavy atom. The Morgan fingerprint density at radius 2 is 1.38 bits per heavy atom. The molecule has 7 N–H and O–H groups in total. The van der Waals surface area contributed by atoms with Gasteiger partial charge in [-0.25, -0.2) is 0 Å². The summed E-state index contributed by atoms with van der Waals surface area (Å²) in [5.41, 5.74) is 0. The molecular formula is C25H53N2O6P. The monoisotopic (exact) mass is 508 g/mol. The molecular weight excluding hydrogens is 455 g/mol. The molecule has 0 aliphatic rings. The van der Waals surface area contributed by atoms with Crippen molar-refractivity contribution >= 4 is 13.7 Å². The van der Waals surface area contributed by atoms with E-state index in [1.54, 1.807) is 6.08 Å². The molecule has 1 amide bonds. The molecule has 0 bridgehead atoms. The number of allylic oxidation sites excluding steroid dienone is 1. The molecule has 8 nitrogen and oxygen atoms in total. The molecule has 0 aromatic rings. The number of phosphoric ester groups is 1. The van der Waals surface area contributed by atoms with Crippen LogP contribution in [-0.4, -0.2) is 34.7 Å². The maximum absolute atomic E-state index is 12.2. The van der Waals surface area contributed by atoms with Gasteiger partial charge in [-0.1, -0.05) is 109 Å². The molecule has 0 spiro atoms. The van der Waals surface area contributed by atoms with Crippen LogP contribution in [0.3, 0.4) is 0 Å². The SMILES string of the molecule is CCCCCCCCCCCC/C=C/[C@@H](O)[C@H](COP(=O)([O-])O)NC(=O)CCCCCCC.[NH4+]. The molecule has 0 aliphatic carbocycles. The molecule has 0 rings (SSSR count). The van der Waals surface area contributed by atoms with Gasteiger partial charge in [0.15, 0.2) is 0 Å². The molecule has 0 fully saturated rings. The summed E-state index contributed by atoms with van der Waals surface area (Å²) in [4.78, 5) is 32.0. The lowest BCUT2D eigenvalue weighted by molar-refractivity contribution is -0.220. The third kappa shape index (κ3) is 24.4. The van der Waals surface area contributed by atoms with Crippen molar-refractivity contribution in [3.05, 3.63) is 12.2 Å². The number of nitrogens with one attached hydrogen (secondary N) is 1. The van der Waals surface area contributed by atoms with E-state index in [-0.39, 0.29) is 12.1 Å². The highest BCUT2D eigenvalue weighted by Crippen LogP contribution is 2.30. The van der Waals surface area contributed by atoms with Gasteiger partial charge in [0.2, 0.25) is 5.91 Å². The number of hydrogen-bond donors (Lipinski definition) is 4. The predicted molar refractivity (Wildman–Crippen MR) is 139 cm³/mol. The van der Waals surface area contributed by atoms with Gasteiger partial charge in [0, 0.05) is 6.42 Å². The predicted octanol–water partition coefficient (Wildman–Crippen LogP) is 5.91. The first-order chi connectivity index (χ1) is 15.8. The van der Waals surface area contributed by atoms with Crippen molar-refractivity contribution in [2.24, 2.45) is 0 Å². The van der Waals surface area contributed by atoms with E-state index in [0.29, 0.717) is 6.42 Å². The average Bonchev–Trinajstić information content (AvgIpc) is 2.76. The summed E-state index contributed by atoms with van der Waals surface area (Å²) in [5.74, 6) is -0.263. The number of aliphatic hydroxyl groups excluding tert-OH is 1. The molecule has 0 radical (unpaired) electrons. The molecule has 34 heavy (non-hydrogen) atoms. The Morgan fingerprint density at radius 1 is 0.912 bits per heavy atom. The van der Waals surface area contributed by atoms with Crippen LogP contribution in [0, 0.1) is 0 Å². The van der Waals surface area contributed by atoms with Gasteiger partial charge in [-0.05, 0) is 19.3 Å². The molecule has 1 unspecified atom stereocenters. The lowest BCUT2D eigenvalue weighted by Gasteiger charge is -2.25. The third-order valence-corrected chi connectivity index (χ3v) is 6.22. The second-order valence-corrected chi connectivity index (χ2v) is 10.2. The summed E-state index contributed by atoms with van der Waals surface area (Å²) in [6.07, 6.45) is 21.0. The maximum atomic E-state index is 12.2. The number of carbonyl (C=O) groups is 1. The summed E-state index contributed by atoms with van der Waals surface area (Å²) in [7, 11) is -4.93. The van der Waals surface area contributed by atoms with E-state index < -0.39 is 26.6 Å². The number of unbranched alkanes of at least 4 members (excludes halogenated alkanes) is 14. The standard InChI is InChI=1S/C25H50NO6P.H3N/c1-3-5-7-9-10-11-12-13-14-15-17-18-20-24(27)23(22-32-33(29,30)31)26-25(28)21-19-16-8-6-4-2;/h18,20,23-24,27H,3-17,19,21-22H2,1-2H3,(H,26,28)(H2,29,30,31);1H3/b20-18+;/t23-,24+;/m0./s1. The number of amides is 1. The van der Waals surface area contributed by atoms with Gasteiger partial charge in [0.1, 0.15) is 0 Å². The van der Waals surface area contributed by atoms with Gasteiger partial charge in [-0.15, -0.1) is 0 Å². The Kier molecular flexibility index (Phi) is 24.9. The van der Waals surface area contributed by atoms with Crippen LogP contribution in [-0.2, 0) is 13.9 Å².